The van der Waals surface area contributed by atoms with Crippen LogP contribution < -0.4 is 5.69 Å². The van der Waals surface area contributed by atoms with Crippen LogP contribution in [0.5, 0.6) is 0 Å². The van der Waals surface area contributed by atoms with Crippen molar-refractivity contribution in [3.05, 3.63) is 22.9 Å². The number of aryl methyl sites for hydroxylation is 2. The summed E-state index contributed by atoms with van der Waals surface area (Å²) in [4.78, 5) is 10.7. The Kier molecular flexibility index (Phi) is 9.18. The number of imidazole rings is 1. The number of hydrogen-bond acceptors (Lipinski definition) is 1. The van der Waals surface area contributed by atoms with Gasteiger partial charge in [-0.2, -0.15) is 0 Å². The smallest absolute Gasteiger partial charge is 0.302 e. The largest absolute Gasteiger partial charge is 0.327 e. The molecule has 0 radical (unpaired) electrons. The van der Waals surface area contributed by atoms with Crippen LogP contribution in [0.2, 0.25) is 0 Å². The monoisotopic (exact) mass is 172 g/mol. The standard InChI is InChI=1S/C5H8N2O.2C2H6/c1-6-3-4-7(2)5(6)8;2*1-2/h3-4H,1-2H3;2*1-2H3. The molecule has 3 nitrogen and oxygen atoms in total. The molecule has 12 heavy (non-hydrogen) atoms. The van der Waals surface area contributed by atoms with Gasteiger partial charge in [-0.05, 0) is 0 Å². The number of hydrogen-bond donors (Lipinski definition) is 0. The van der Waals surface area contributed by atoms with Crippen molar-refractivity contribution in [3.8, 4) is 0 Å². The molecule has 0 N–H and O–H groups in total. The molecule has 0 amide bonds. The molecule has 0 aliphatic heterocycles. The van der Waals surface area contributed by atoms with Crippen molar-refractivity contribution in [2.45, 2.75) is 27.7 Å². The molecule has 0 spiro atoms. The third-order valence-electron chi connectivity index (χ3n) is 1.12. The molecule has 0 unspecified atom stereocenters. The minimum Gasteiger partial charge on any atom is -0.302 e. The van der Waals surface area contributed by atoms with Crippen molar-refractivity contribution < 1.29 is 0 Å². The van der Waals surface area contributed by atoms with E-state index >= 15 is 0 Å². The fraction of sp³-hybridized carbons (Fsp3) is 0.667. The fourth-order valence-corrected chi connectivity index (χ4v) is 0.576. The van der Waals surface area contributed by atoms with Crippen molar-refractivity contribution in [3.63, 3.8) is 0 Å². The molecule has 0 aliphatic carbocycles. The van der Waals surface area contributed by atoms with E-state index in [2.05, 4.69) is 0 Å². The maximum absolute atomic E-state index is 10.7. The van der Waals surface area contributed by atoms with E-state index < -0.39 is 0 Å². The zero-order valence-electron chi connectivity index (χ0n) is 8.96. The molecular formula is C9H20N2O. The third kappa shape index (κ3) is 4.01. The van der Waals surface area contributed by atoms with E-state index in [1.54, 1.807) is 26.5 Å². The number of rotatable bonds is 0. The summed E-state index contributed by atoms with van der Waals surface area (Å²) in [6.07, 6.45) is 3.45. The Morgan fingerprint density at radius 2 is 1.17 bits per heavy atom. The van der Waals surface area contributed by atoms with Gasteiger partial charge in [-0.15, -0.1) is 0 Å². The zero-order valence-corrected chi connectivity index (χ0v) is 8.96. The second-order valence-electron chi connectivity index (χ2n) is 1.80. The van der Waals surface area contributed by atoms with Crippen LogP contribution in [0.15, 0.2) is 17.2 Å². The van der Waals surface area contributed by atoms with E-state index in [9.17, 15) is 4.79 Å². The summed E-state index contributed by atoms with van der Waals surface area (Å²) in [5.41, 5.74) is 0.0185. The second-order valence-corrected chi connectivity index (χ2v) is 1.80. The molecule has 0 saturated heterocycles. The van der Waals surface area contributed by atoms with Gasteiger partial charge in [0.05, 0.1) is 0 Å². The van der Waals surface area contributed by atoms with Crippen LogP contribution >= 0.6 is 0 Å². The summed E-state index contributed by atoms with van der Waals surface area (Å²) in [6.45, 7) is 8.00. The normalized spacial score (nSPS) is 7.50. The summed E-state index contributed by atoms with van der Waals surface area (Å²) in [6, 6.07) is 0. The number of nitrogens with zero attached hydrogens (tertiary/aromatic N) is 2. The van der Waals surface area contributed by atoms with Crippen LogP contribution in [0.1, 0.15) is 27.7 Å². The molecule has 0 aromatic carbocycles. The Hall–Kier alpha value is -0.990. The summed E-state index contributed by atoms with van der Waals surface area (Å²) in [5, 5.41) is 0. The molecule has 1 rings (SSSR count). The van der Waals surface area contributed by atoms with Crippen molar-refractivity contribution >= 4 is 0 Å². The van der Waals surface area contributed by atoms with Crippen LogP contribution in [0.4, 0.5) is 0 Å². The lowest BCUT2D eigenvalue weighted by Crippen LogP contribution is -2.18. The number of aromatic nitrogens is 2. The topological polar surface area (TPSA) is 26.9 Å². The molecule has 1 aromatic heterocycles. The van der Waals surface area contributed by atoms with E-state index in [1.807, 2.05) is 27.7 Å². The average Bonchev–Trinajstić information content (AvgIpc) is 2.43. The van der Waals surface area contributed by atoms with E-state index in [0.717, 1.165) is 0 Å². The first kappa shape index (κ1) is 13.6. The molecule has 72 valence electrons. The van der Waals surface area contributed by atoms with Crippen LogP contribution in [-0.2, 0) is 14.1 Å². The molecule has 0 atom stereocenters. The van der Waals surface area contributed by atoms with Gasteiger partial charge in [0, 0.05) is 26.5 Å². The van der Waals surface area contributed by atoms with Gasteiger partial charge in [0.25, 0.3) is 0 Å². The molecule has 0 fully saturated rings. The molecular weight excluding hydrogens is 152 g/mol. The van der Waals surface area contributed by atoms with Crippen molar-refractivity contribution in [1.82, 2.24) is 9.13 Å². The van der Waals surface area contributed by atoms with Crippen molar-refractivity contribution in [2.24, 2.45) is 14.1 Å². The predicted molar refractivity (Wildman–Crippen MR) is 53.4 cm³/mol. The van der Waals surface area contributed by atoms with Crippen LogP contribution in [0.3, 0.4) is 0 Å². The van der Waals surface area contributed by atoms with Gasteiger partial charge in [-0.25, -0.2) is 4.79 Å². The first-order valence-corrected chi connectivity index (χ1v) is 4.40. The van der Waals surface area contributed by atoms with Gasteiger partial charge in [0.15, 0.2) is 0 Å². The Bertz CT molecular complexity index is 212. The molecule has 3 heteroatoms. The van der Waals surface area contributed by atoms with Gasteiger partial charge < -0.3 is 9.13 Å². The van der Waals surface area contributed by atoms with E-state index in [0.29, 0.717) is 0 Å². The first-order chi connectivity index (χ1) is 5.72. The highest BCUT2D eigenvalue weighted by Crippen LogP contribution is 1.72. The predicted octanol–water partition coefficient (Wildman–Crippen LogP) is 1.78. The minimum atomic E-state index is 0.0185. The van der Waals surface area contributed by atoms with Gasteiger partial charge in [-0.3, -0.25) is 0 Å². The maximum Gasteiger partial charge on any atom is 0.327 e. The SMILES string of the molecule is CC.CC.Cn1ccn(C)c1=O. The van der Waals surface area contributed by atoms with Crippen LogP contribution in [0, 0.1) is 0 Å². The lowest BCUT2D eigenvalue weighted by Gasteiger charge is -1.82. The summed E-state index contributed by atoms with van der Waals surface area (Å²) < 4.78 is 3.06. The average molecular weight is 172 g/mol. The maximum atomic E-state index is 10.7. The minimum absolute atomic E-state index is 0.0185. The van der Waals surface area contributed by atoms with E-state index in [4.69, 9.17) is 0 Å². The summed E-state index contributed by atoms with van der Waals surface area (Å²) >= 11 is 0. The van der Waals surface area contributed by atoms with Gasteiger partial charge in [0.2, 0.25) is 0 Å². The van der Waals surface area contributed by atoms with Crippen molar-refractivity contribution in [1.29, 1.82) is 0 Å². The van der Waals surface area contributed by atoms with E-state index in [-0.39, 0.29) is 5.69 Å². The Morgan fingerprint density at radius 1 is 0.917 bits per heavy atom. The molecule has 0 saturated carbocycles. The highest BCUT2D eigenvalue weighted by Gasteiger charge is 1.89. The van der Waals surface area contributed by atoms with Crippen LogP contribution in [0.25, 0.3) is 0 Å². The first-order valence-electron chi connectivity index (χ1n) is 4.40. The zero-order chi connectivity index (χ0) is 10.1. The lowest BCUT2D eigenvalue weighted by atomic mass is 10.9. The second kappa shape index (κ2) is 8.11. The highest BCUT2D eigenvalue weighted by molar-refractivity contribution is 4.76. The van der Waals surface area contributed by atoms with Gasteiger partial charge in [-0.1, -0.05) is 27.7 Å². The molecule has 1 aromatic rings. The van der Waals surface area contributed by atoms with Crippen LogP contribution in [-0.4, -0.2) is 9.13 Å². The Morgan fingerprint density at radius 3 is 1.25 bits per heavy atom. The highest BCUT2D eigenvalue weighted by atomic mass is 16.1. The van der Waals surface area contributed by atoms with E-state index in [1.165, 1.54) is 9.13 Å². The summed E-state index contributed by atoms with van der Waals surface area (Å²) in [7, 11) is 3.45. The lowest BCUT2D eigenvalue weighted by molar-refractivity contribution is 0.775. The molecule has 0 aliphatic rings. The fourth-order valence-electron chi connectivity index (χ4n) is 0.576. The van der Waals surface area contributed by atoms with Gasteiger partial charge in [0.1, 0.15) is 0 Å². The third-order valence-corrected chi connectivity index (χ3v) is 1.12. The molecule has 1 heterocycles. The quantitative estimate of drug-likeness (QED) is 0.586. The Balaban J connectivity index is 0. The van der Waals surface area contributed by atoms with Gasteiger partial charge >= 0.3 is 5.69 Å². The Labute approximate surface area is 74.6 Å². The van der Waals surface area contributed by atoms with Crippen molar-refractivity contribution in [2.75, 3.05) is 0 Å². The summed E-state index contributed by atoms with van der Waals surface area (Å²) in [5.74, 6) is 0. The molecule has 0 bridgehead atoms.